The number of rotatable bonds is 19. The molecule has 1 heterocycles. The van der Waals surface area contributed by atoms with Gasteiger partial charge in [-0.05, 0) is 70.9 Å². The molecule has 3 atom stereocenters. The minimum absolute atomic E-state index is 0.0196. The molecule has 0 saturated carbocycles. The lowest BCUT2D eigenvalue weighted by molar-refractivity contribution is -0.140. The number of fused-ring (bicyclic) bond motifs is 2. The van der Waals surface area contributed by atoms with Gasteiger partial charge in [0.05, 0.1) is 17.4 Å². The number of hydrogen-bond donors (Lipinski definition) is 5. The highest BCUT2D eigenvalue weighted by Gasteiger charge is 2.33. The zero-order chi connectivity index (χ0) is 44.0. The molecule has 0 aromatic heterocycles. The lowest BCUT2D eigenvalue weighted by Crippen LogP contribution is -2.56. The van der Waals surface area contributed by atoms with E-state index in [4.69, 9.17) is 9.52 Å². The summed E-state index contributed by atoms with van der Waals surface area (Å²) in [4.78, 5) is 49.9. The molecule has 2 amide bonds. The van der Waals surface area contributed by atoms with E-state index in [2.05, 4.69) is 24.8 Å². The van der Waals surface area contributed by atoms with Crippen molar-refractivity contribution in [2.45, 2.75) is 82.8 Å². The number of carbonyl (C=O) groups excluding carboxylic acids is 3. The van der Waals surface area contributed by atoms with Crippen molar-refractivity contribution < 1.29 is 54.5 Å². The maximum absolute atomic E-state index is 13.9. The summed E-state index contributed by atoms with van der Waals surface area (Å²) in [7, 11) is -9.85. The van der Waals surface area contributed by atoms with Gasteiger partial charge in [-0.2, -0.15) is 13.1 Å². The summed E-state index contributed by atoms with van der Waals surface area (Å²) in [6.07, 6.45) is -0.908. The van der Waals surface area contributed by atoms with Crippen LogP contribution in [-0.4, -0.2) is 101 Å². The van der Waals surface area contributed by atoms with Gasteiger partial charge in [-0.15, -0.1) is 0 Å². The first-order chi connectivity index (χ1) is 27.7. The second-order valence-electron chi connectivity index (χ2n) is 14.1. The van der Waals surface area contributed by atoms with Crippen LogP contribution in [0.5, 0.6) is 0 Å². The van der Waals surface area contributed by atoms with Crippen LogP contribution in [0, 0.1) is 5.92 Å². The topological polar surface area (TPSA) is 232 Å². The Hall–Kier alpha value is -5.24. The van der Waals surface area contributed by atoms with Crippen molar-refractivity contribution in [1.82, 2.24) is 19.9 Å². The third-order valence-electron chi connectivity index (χ3n) is 9.96. The number of benzene rings is 3. The van der Waals surface area contributed by atoms with E-state index in [1.807, 2.05) is 52.0 Å². The van der Waals surface area contributed by atoms with E-state index in [-0.39, 0.29) is 5.56 Å². The Labute approximate surface area is 342 Å². The molecule has 2 aliphatic rings. The number of ketones is 1. The Morgan fingerprint density at radius 2 is 1.49 bits per heavy atom. The Balaban J connectivity index is 1.81. The van der Waals surface area contributed by atoms with Gasteiger partial charge >= 0.3 is 5.97 Å². The number of alkyl halides is 1. The number of carbonyl (C=O) groups is 4. The molecule has 0 radical (unpaired) electrons. The summed E-state index contributed by atoms with van der Waals surface area (Å²) >= 11 is 0. The summed E-state index contributed by atoms with van der Waals surface area (Å²) in [5.74, 6) is -5.05. The van der Waals surface area contributed by atoms with Gasteiger partial charge in [0.2, 0.25) is 27.2 Å². The number of halogens is 1. The quantitative estimate of drug-likeness (QED) is 0.0519. The van der Waals surface area contributed by atoms with Crippen molar-refractivity contribution >= 4 is 60.4 Å². The Morgan fingerprint density at radius 1 is 0.847 bits per heavy atom. The first-order valence-electron chi connectivity index (χ1n) is 19.1. The van der Waals surface area contributed by atoms with Crippen molar-refractivity contribution in [3.8, 4) is 22.5 Å². The molecule has 1 aliphatic carbocycles. The second kappa shape index (κ2) is 19.2. The number of carboxylic acids is 1. The van der Waals surface area contributed by atoms with Crippen molar-refractivity contribution in [2.75, 3.05) is 37.8 Å². The zero-order valence-corrected chi connectivity index (χ0v) is 35.5. The van der Waals surface area contributed by atoms with E-state index in [0.717, 1.165) is 23.2 Å². The predicted octanol–water partition coefficient (Wildman–Crippen LogP) is 3.42. The van der Waals surface area contributed by atoms with E-state index in [1.54, 1.807) is 12.1 Å². The fourth-order valence-corrected chi connectivity index (χ4v) is 8.89. The number of nitrogens with one attached hydrogen (secondary N) is 3. The van der Waals surface area contributed by atoms with Crippen LogP contribution < -0.4 is 30.2 Å². The third-order valence-corrected chi connectivity index (χ3v) is 12.3. The minimum atomic E-state index is -5.12. The van der Waals surface area contributed by atoms with Crippen LogP contribution in [0.15, 0.2) is 68.8 Å². The van der Waals surface area contributed by atoms with Gasteiger partial charge in [-0.3, -0.25) is 23.7 Å². The van der Waals surface area contributed by atoms with Gasteiger partial charge in [-0.1, -0.05) is 19.9 Å². The molecule has 320 valence electrons. The molecule has 0 fully saturated rings. The maximum Gasteiger partial charge on any atom is 0.305 e. The van der Waals surface area contributed by atoms with Crippen molar-refractivity contribution in [3.63, 3.8) is 0 Å². The summed E-state index contributed by atoms with van der Waals surface area (Å²) in [5, 5.41) is 14.8. The molecular formula is C40H51FN5O11S2+. The summed E-state index contributed by atoms with van der Waals surface area (Å²) < 4.78 is 88.6. The Kier molecular flexibility index (Phi) is 15.1. The highest BCUT2D eigenvalue weighted by atomic mass is 32.2. The molecular weight excluding hydrogens is 810 g/mol. The predicted molar refractivity (Wildman–Crippen MR) is 220 cm³/mol. The molecule has 5 N–H and O–H groups in total. The van der Waals surface area contributed by atoms with Crippen LogP contribution in [0.3, 0.4) is 0 Å². The van der Waals surface area contributed by atoms with Crippen molar-refractivity contribution in [2.24, 2.45) is 5.92 Å². The third kappa shape index (κ3) is 10.7. The van der Waals surface area contributed by atoms with Gasteiger partial charge in [-0.25, -0.2) is 17.4 Å². The fraction of sp³-hybridized carbons (Fsp3) is 0.425. The SMILES string of the molecule is CCN(CC)c1ccc2c(-c3ccc(S(=O)(=O)NC(C(=O)NC(C)C(=O)NC(CC(=O)O)C(=O)CF)C(C)C)cc3S(=O)(=O)O)c3ccc(=[N+](CC)CC)cc-3oc2c1. The van der Waals surface area contributed by atoms with Crippen LogP contribution in [0.2, 0.25) is 0 Å². The number of nitrogens with zero attached hydrogens (tertiary/aromatic N) is 2. The number of Topliss-reactive ketones (excluding diaryl/α,β-unsaturated/α-hetero) is 1. The summed E-state index contributed by atoms with van der Waals surface area (Å²) in [6.45, 7) is 13.5. The van der Waals surface area contributed by atoms with E-state index >= 15 is 0 Å². The van der Waals surface area contributed by atoms with Crippen molar-refractivity contribution in [3.05, 3.63) is 60.0 Å². The largest absolute Gasteiger partial charge is 0.481 e. The highest BCUT2D eigenvalue weighted by molar-refractivity contribution is 7.89. The normalized spacial score (nSPS) is 13.5. The molecule has 59 heavy (non-hydrogen) atoms. The average Bonchev–Trinajstić information content (AvgIpc) is 3.18. The van der Waals surface area contributed by atoms with Gasteiger partial charge in [0, 0.05) is 53.0 Å². The molecule has 0 bridgehead atoms. The first kappa shape index (κ1) is 46.4. The molecule has 2 aromatic carbocycles. The average molecular weight is 861 g/mol. The van der Waals surface area contributed by atoms with Crippen LogP contribution in [0.1, 0.15) is 54.9 Å². The number of hydrogen-bond acceptors (Lipinski definition) is 10. The molecule has 0 saturated heterocycles. The van der Waals surface area contributed by atoms with Crippen LogP contribution in [-0.2, 0) is 39.3 Å². The van der Waals surface area contributed by atoms with E-state index in [9.17, 15) is 45.0 Å². The fourth-order valence-electron chi connectivity index (χ4n) is 6.72. The maximum atomic E-state index is 13.9. The first-order valence-corrected chi connectivity index (χ1v) is 22.0. The van der Waals surface area contributed by atoms with E-state index in [0.29, 0.717) is 54.0 Å². The summed E-state index contributed by atoms with van der Waals surface area (Å²) in [6, 6.07) is 9.44. The van der Waals surface area contributed by atoms with Crippen LogP contribution in [0.25, 0.3) is 33.4 Å². The van der Waals surface area contributed by atoms with Gasteiger partial charge in [0.25, 0.3) is 10.1 Å². The van der Waals surface area contributed by atoms with Gasteiger partial charge < -0.3 is 25.1 Å². The van der Waals surface area contributed by atoms with E-state index < -0.39 is 90.6 Å². The number of anilines is 1. The number of aliphatic carboxylic acids is 1. The van der Waals surface area contributed by atoms with Gasteiger partial charge in [0.1, 0.15) is 54.1 Å². The van der Waals surface area contributed by atoms with Gasteiger partial charge in [0.15, 0.2) is 5.78 Å². The Morgan fingerprint density at radius 3 is 2.05 bits per heavy atom. The highest BCUT2D eigenvalue weighted by Crippen LogP contribution is 2.43. The second-order valence-corrected chi connectivity index (χ2v) is 17.3. The number of carboxylic acid groups (broad SMARTS) is 1. The molecule has 3 unspecified atom stereocenters. The molecule has 2 aromatic rings. The monoisotopic (exact) mass is 860 g/mol. The van der Waals surface area contributed by atoms with Crippen LogP contribution in [0.4, 0.5) is 10.1 Å². The number of amides is 2. The van der Waals surface area contributed by atoms with E-state index in [1.165, 1.54) is 26.8 Å². The minimum Gasteiger partial charge on any atom is -0.481 e. The van der Waals surface area contributed by atoms with Crippen LogP contribution >= 0.6 is 0 Å². The lowest BCUT2D eigenvalue weighted by Gasteiger charge is -2.25. The molecule has 19 heteroatoms. The molecule has 0 spiro atoms. The molecule has 16 nitrogen and oxygen atoms in total. The molecule has 1 aliphatic heterocycles. The number of sulfonamides is 1. The smallest absolute Gasteiger partial charge is 0.305 e. The zero-order valence-electron chi connectivity index (χ0n) is 33.9. The summed E-state index contributed by atoms with van der Waals surface area (Å²) in [5.41, 5.74) is 2.09. The lowest BCUT2D eigenvalue weighted by atomic mass is 9.93. The van der Waals surface area contributed by atoms with Crippen molar-refractivity contribution in [1.29, 1.82) is 0 Å². The Bertz CT molecular complexity index is 2490. The molecule has 4 rings (SSSR count). The standard InChI is InChI=1S/C40H50FN5O11S2/c1-8-45(9-2)25-12-15-28-33(18-25)57-34-19-26(46(10-3)11-4)13-16-29(34)37(28)30-17-14-27(20-35(30)59(54,55)56)58(52,53)44-38(23(5)6)40(51)42-24(7)39(50)43-31(21-36(48)49)32(47)22-41/h12-20,23-24,31,38,44H,8-11,21-22H2,1-7H3,(H3-,42,43,48,49,50,51,54,55,56)/p+1.